The van der Waals surface area contributed by atoms with Gasteiger partial charge in [0.15, 0.2) is 0 Å². The number of hydrogen-bond donors (Lipinski definition) is 1. The molecule has 1 amide bonds. The summed E-state index contributed by atoms with van der Waals surface area (Å²) >= 11 is 0. The third-order valence-corrected chi connectivity index (χ3v) is 5.63. The van der Waals surface area contributed by atoms with Gasteiger partial charge >= 0.3 is 5.76 Å². The zero-order valence-corrected chi connectivity index (χ0v) is 13.6. The van der Waals surface area contributed by atoms with E-state index in [-0.39, 0.29) is 11.5 Å². The van der Waals surface area contributed by atoms with Crippen molar-refractivity contribution in [3.8, 4) is 0 Å². The Balaban J connectivity index is 1.83. The number of alkyl halides is 2. The maximum absolute atomic E-state index is 12.4. The quantitative estimate of drug-likeness (QED) is 0.771. The number of carbonyl (C=O) groups is 1. The van der Waals surface area contributed by atoms with Crippen LogP contribution in [0.3, 0.4) is 0 Å². The minimum atomic E-state index is -4.61. The fourth-order valence-corrected chi connectivity index (χ4v) is 3.61. The van der Waals surface area contributed by atoms with Crippen LogP contribution in [0, 0.1) is 5.92 Å². The van der Waals surface area contributed by atoms with Crippen LogP contribution in [0.5, 0.6) is 0 Å². The van der Waals surface area contributed by atoms with E-state index in [1.165, 1.54) is 37.8 Å². The molecule has 0 saturated heterocycles. The lowest BCUT2D eigenvalue weighted by molar-refractivity contribution is 0.0952. The molecule has 1 aliphatic rings. The molecule has 23 heavy (non-hydrogen) atoms. The van der Waals surface area contributed by atoms with E-state index in [0.717, 1.165) is 30.9 Å². The Morgan fingerprint density at radius 2 is 1.78 bits per heavy atom. The number of rotatable bonds is 7. The van der Waals surface area contributed by atoms with Crippen molar-refractivity contribution in [2.45, 2.75) is 49.2 Å². The van der Waals surface area contributed by atoms with Crippen LogP contribution in [0.25, 0.3) is 0 Å². The van der Waals surface area contributed by atoms with Crippen LogP contribution >= 0.6 is 0 Å². The average Bonchev–Trinajstić information content (AvgIpc) is 3.04. The Kier molecular flexibility index (Phi) is 6.10. The minimum absolute atomic E-state index is 0.263. The van der Waals surface area contributed by atoms with Gasteiger partial charge in [-0.25, -0.2) is 8.42 Å². The second-order valence-electron chi connectivity index (χ2n) is 5.88. The number of benzene rings is 1. The van der Waals surface area contributed by atoms with Gasteiger partial charge in [0.05, 0.1) is 4.90 Å². The minimum Gasteiger partial charge on any atom is -0.352 e. The van der Waals surface area contributed by atoms with Gasteiger partial charge in [0.2, 0.25) is 9.84 Å². The topological polar surface area (TPSA) is 63.2 Å². The third kappa shape index (κ3) is 4.73. The fraction of sp³-hybridized carbons (Fsp3) is 0.562. The number of sulfone groups is 1. The van der Waals surface area contributed by atoms with Crippen LogP contribution < -0.4 is 5.32 Å². The van der Waals surface area contributed by atoms with Gasteiger partial charge in [0.1, 0.15) is 0 Å². The molecule has 1 saturated carbocycles. The van der Waals surface area contributed by atoms with Gasteiger partial charge in [-0.15, -0.1) is 0 Å². The summed E-state index contributed by atoms with van der Waals surface area (Å²) in [6.45, 7) is 0.562. The molecule has 1 aromatic carbocycles. The van der Waals surface area contributed by atoms with E-state index in [1.807, 2.05) is 0 Å². The first-order chi connectivity index (χ1) is 10.9. The van der Waals surface area contributed by atoms with Gasteiger partial charge < -0.3 is 5.32 Å². The van der Waals surface area contributed by atoms with Crippen molar-refractivity contribution >= 4 is 15.7 Å². The smallest absolute Gasteiger partial charge is 0.341 e. The fourth-order valence-electron chi connectivity index (χ4n) is 2.89. The largest absolute Gasteiger partial charge is 0.352 e. The number of nitrogens with one attached hydrogen (secondary N) is 1. The maximum atomic E-state index is 12.4. The zero-order chi connectivity index (χ0) is 16.9. The van der Waals surface area contributed by atoms with Crippen molar-refractivity contribution in [2.24, 2.45) is 5.92 Å². The van der Waals surface area contributed by atoms with Crippen LogP contribution in [-0.4, -0.2) is 26.6 Å². The molecular formula is C16H21F2NO3S. The van der Waals surface area contributed by atoms with Crippen molar-refractivity contribution in [3.05, 3.63) is 29.8 Å². The van der Waals surface area contributed by atoms with E-state index in [4.69, 9.17) is 0 Å². The normalized spacial score (nSPS) is 16.0. The second kappa shape index (κ2) is 7.86. The Morgan fingerprint density at radius 3 is 2.35 bits per heavy atom. The molecule has 0 radical (unpaired) electrons. The summed E-state index contributed by atoms with van der Waals surface area (Å²) in [5, 5.41) is 2.77. The molecule has 0 heterocycles. The van der Waals surface area contributed by atoms with E-state index in [2.05, 4.69) is 5.32 Å². The van der Waals surface area contributed by atoms with Crippen molar-refractivity contribution in [3.63, 3.8) is 0 Å². The summed E-state index contributed by atoms with van der Waals surface area (Å²) in [5.41, 5.74) is 0.263. The molecule has 0 aromatic heterocycles. The van der Waals surface area contributed by atoms with E-state index < -0.39 is 20.5 Å². The van der Waals surface area contributed by atoms with Crippen molar-refractivity contribution < 1.29 is 22.0 Å². The van der Waals surface area contributed by atoms with E-state index in [0.29, 0.717) is 6.54 Å². The van der Waals surface area contributed by atoms with Crippen LogP contribution in [0.2, 0.25) is 0 Å². The number of halogens is 2. The predicted octanol–water partition coefficient (Wildman–Crippen LogP) is 3.38. The molecule has 0 unspecified atom stereocenters. The highest BCUT2D eigenvalue weighted by molar-refractivity contribution is 7.91. The van der Waals surface area contributed by atoms with Gasteiger partial charge in [-0.3, -0.25) is 4.79 Å². The molecular weight excluding hydrogens is 324 g/mol. The predicted molar refractivity (Wildman–Crippen MR) is 83.2 cm³/mol. The Labute approximate surface area is 135 Å². The SMILES string of the molecule is O=C(NCCCC1CCCC1)c1ccc(S(=O)(=O)C(F)F)cc1. The first-order valence-electron chi connectivity index (χ1n) is 7.81. The van der Waals surface area contributed by atoms with Crippen molar-refractivity contribution in [1.82, 2.24) is 5.32 Å². The zero-order valence-electron chi connectivity index (χ0n) is 12.8. The summed E-state index contributed by atoms with van der Waals surface area (Å²) in [5.74, 6) is -3.01. The first kappa shape index (κ1) is 17.8. The highest BCUT2D eigenvalue weighted by Crippen LogP contribution is 2.28. The lowest BCUT2D eigenvalue weighted by Crippen LogP contribution is -2.24. The molecule has 2 rings (SSSR count). The molecule has 7 heteroatoms. The standard InChI is InChI=1S/C16H21F2NO3S/c17-16(18)23(21,22)14-9-7-13(8-10-14)15(20)19-11-3-6-12-4-1-2-5-12/h7-10,12,16H,1-6,11H2,(H,19,20). The third-order valence-electron chi connectivity index (χ3n) is 4.23. The molecule has 128 valence electrons. The Morgan fingerprint density at radius 1 is 1.17 bits per heavy atom. The Bertz CT molecular complexity index is 623. The van der Waals surface area contributed by atoms with E-state index in [9.17, 15) is 22.0 Å². The van der Waals surface area contributed by atoms with Gasteiger partial charge in [-0.05, 0) is 43.0 Å². The van der Waals surface area contributed by atoms with Crippen LogP contribution in [0.1, 0.15) is 48.9 Å². The maximum Gasteiger partial charge on any atom is 0.341 e. The molecule has 0 bridgehead atoms. The molecule has 0 aliphatic heterocycles. The average molecular weight is 345 g/mol. The summed E-state index contributed by atoms with van der Waals surface area (Å²) in [6, 6.07) is 4.58. The lowest BCUT2D eigenvalue weighted by atomic mass is 10.0. The molecule has 1 N–H and O–H groups in total. The number of amides is 1. The lowest BCUT2D eigenvalue weighted by Gasteiger charge is -2.09. The molecule has 4 nitrogen and oxygen atoms in total. The molecule has 1 aromatic rings. The summed E-state index contributed by atoms with van der Waals surface area (Å²) in [4.78, 5) is 11.4. The van der Waals surface area contributed by atoms with Crippen LogP contribution in [-0.2, 0) is 9.84 Å². The molecule has 1 fully saturated rings. The summed E-state index contributed by atoms with van der Waals surface area (Å²) < 4.78 is 47.4. The number of hydrogen-bond acceptors (Lipinski definition) is 3. The first-order valence-corrected chi connectivity index (χ1v) is 9.36. The molecule has 0 atom stereocenters. The highest BCUT2D eigenvalue weighted by atomic mass is 32.2. The summed E-state index contributed by atoms with van der Waals surface area (Å²) in [7, 11) is -4.61. The van der Waals surface area contributed by atoms with E-state index >= 15 is 0 Å². The monoisotopic (exact) mass is 345 g/mol. The Hall–Kier alpha value is -1.50. The van der Waals surface area contributed by atoms with Gasteiger partial charge in [0, 0.05) is 12.1 Å². The van der Waals surface area contributed by atoms with Gasteiger partial charge in [-0.2, -0.15) is 8.78 Å². The number of carbonyl (C=O) groups excluding carboxylic acids is 1. The van der Waals surface area contributed by atoms with Crippen LogP contribution in [0.4, 0.5) is 8.78 Å². The molecule has 1 aliphatic carbocycles. The molecule has 0 spiro atoms. The second-order valence-corrected chi connectivity index (χ2v) is 7.80. The highest BCUT2D eigenvalue weighted by Gasteiger charge is 2.26. The summed E-state index contributed by atoms with van der Waals surface area (Å²) in [6.07, 6.45) is 7.15. The van der Waals surface area contributed by atoms with Crippen molar-refractivity contribution in [2.75, 3.05) is 6.54 Å². The van der Waals surface area contributed by atoms with Crippen LogP contribution in [0.15, 0.2) is 29.2 Å². The van der Waals surface area contributed by atoms with E-state index in [1.54, 1.807) is 0 Å². The van der Waals surface area contributed by atoms with Gasteiger partial charge in [0.25, 0.3) is 5.91 Å². The van der Waals surface area contributed by atoms with Crippen molar-refractivity contribution in [1.29, 1.82) is 0 Å². The van der Waals surface area contributed by atoms with Gasteiger partial charge in [-0.1, -0.05) is 25.7 Å².